The Balaban J connectivity index is 2.74. The van der Waals surface area contributed by atoms with Gasteiger partial charge in [-0.3, -0.25) is 0 Å². The topological polar surface area (TPSA) is 0 Å². The molecule has 2 aromatic rings. The van der Waals surface area contributed by atoms with Crippen LogP contribution in [0.5, 0.6) is 0 Å². The summed E-state index contributed by atoms with van der Waals surface area (Å²) in [6.45, 7) is 31.8. The molecule has 0 fully saturated rings. The van der Waals surface area contributed by atoms with Crippen LogP contribution in [0.15, 0.2) is 48.5 Å². The number of hydrogen-bond acceptors (Lipinski definition) is 0. The quantitative estimate of drug-likeness (QED) is 0.314. The molecule has 0 saturated carbocycles. The molecule has 0 atom stereocenters. The van der Waals surface area contributed by atoms with Crippen LogP contribution < -0.4 is 21.0 Å². The fraction of sp³-hybridized carbons (Fsp3) is 0.586. The van der Waals surface area contributed by atoms with E-state index in [1.165, 1.54) is 0 Å². The minimum Gasteiger partial charge on any atom is -0.0644 e. The third kappa shape index (κ3) is 6.34. The lowest BCUT2D eigenvalue weighted by molar-refractivity contribution is 0.714. The van der Waals surface area contributed by atoms with Crippen molar-refractivity contribution in [2.45, 2.75) is 110 Å². The normalized spacial score (nSPS) is 14.0. The summed E-state index contributed by atoms with van der Waals surface area (Å²) in [5.74, 6) is 0. The molecule has 0 amide bonds. The number of rotatable bonds is 4. The van der Waals surface area contributed by atoms with Crippen molar-refractivity contribution < 1.29 is 0 Å². The van der Waals surface area contributed by atoms with Crippen molar-refractivity contribution in [3.8, 4) is 0 Å². The molecule has 0 aliphatic carbocycles. The monoisotopic (exact) mass is 485 g/mol. The first-order valence-corrected chi connectivity index (χ1v) is 16.7. The van der Waals surface area contributed by atoms with Crippen molar-refractivity contribution in [2.24, 2.45) is 0 Å². The summed E-state index contributed by atoms with van der Waals surface area (Å²) < 4.78 is 0. The van der Waals surface area contributed by atoms with E-state index in [1.54, 1.807) is 21.0 Å². The molecule has 0 spiro atoms. The molecule has 0 bridgehead atoms. The number of hydrogen-bond donors (Lipinski definition) is 0. The van der Waals surface area contributed by atoms with E-state index in [9.17, 15) is 0 Å². The third-order valence-corrected chi connectivity index (χ3v) is 15.8. The summed E-state index contributed by atoms with van der Waals surface area (Å²) in [5.41, 5.74) is 0. The molecule has 0 heterocycles. The Morgan fingerprint density at radius 1 is 0.469 bits per heavy atom. The fourth-order valence-electron chi connectivity index (χ4n) is 5.57. The zero-order valence-electron chi connectivity index (χ0n) is 23.0. The van der Waals surface area contributed by atoms with Crippen LogP contribution in [0.1, 0.15) is 83.1 Å². The molecule has 1 radical (unpaired) electrons. The molecule has 0 aliphatic rings. The Labute approximate surface area is 204 Å². The SMILES string of the molecule is C[Si](c1ccccc1P(C(C)(C)C)C(C)(C)C)c1ccccc1P(C(C)(C)C)C(C)(C)C. The maximum absolute atomic E-state index is 2.54. The van der Waals surface area contributed by atoms with Crippen molar-refractivity contribution in [2.75, 3.05) is 0 Å². The van der Waals surface area contributed by atoms with E-state index in [0.717, 1.165) is 0 Å². The molecule has 2 rings (SSSR count). The molecule has 177 valence electrons. The van der Waals surface area contributed by atoms with Gasteiger partial charge in [-0.25, -0.2) is 0 Å². The second-order valence-electron chi connectivity index (χ2n) is 13.0. The molecular formula is C29H47P2Si. The first-order chi connectivity index (χ1) is 14.4. The molecule has 32 heavy (non-hydrogen) atoms. The van der Waals surface area contributed by atoms with E-state index >= 15 is 0 Å². The smallest absolute Gasteiger partial charge is 0.0644 e. The molecule has 3 heteroatoms. The molecule has 0 aliphatic heterocycles. The molecule has 0 N–H and O–H groups in total. The first-order valence-electron chi connectivity index (χ1n) is 12.0. The van der Waals surface area contributed by atoms with Crippen LogP contribution in [-0.4, -0.2) is 29.4 Å². The van der Waals surface area contributed by atoms with Crippen LogP contribution >= 0.6 is 15.8 Å². The Kier molecular flexibility index (Phi) is 8.36. The maximum atomic E-state index is 2.54. The first kappa shape index (κ1) is 27.8. The summed E-state index contributed by atoms with van der Waals surface area (Å²) in [7, 11) is -1.54. The minimum atomic E-state index is -0.899. The van der Waals surface area contributed by atoms with Gasteiger partial charge < -0.3 is 0 Å². The molecule has 0 aromatic heterocycles. The van der Waals surface area contributed by atoms with Crippen molar-refractivity contribution in [3.63, 3.8) is 0 Å². The Bertz CT molecular complexity index is 801. The molecule has 0 nitrogen and oxygen atoms in total. The summed E-state index contributed by atoms with van der Waals surface area (Å²) in [6.07, 6.45) is 0. The molecule has 0 unspecified atom stereocenters. The van der Waals surface area contributed by atoms with Crippen LogP contribution in [0.4, 0.5) is 0 Å². The van der Waals surface area contributed by atoms with Gasteiger partial charge in [0.2, 0.25) is 0 Å². The average molecular weight is 486 g/mol. The lowest BCUT2D eigenvalue weighted by Crippen LogP contribution is -2.53. The second-order valence-corrected chi connectivity index (χ2v) is 23.0. The Morgan fingerprint density at radius 2 is 0.719 bits per heavy atom. The lowest BCUT2D eigenvalue weighted by Gasteiger charge is -2.44. The van der Waals surface area contributed by atoms with Gasteiger partial charge in [-0.1, -0.05) is 154 Å². The van der Waals surface area contributed by atoms with Gasteiger partial charge in [0.15, 0.2) is 0 Å². The third-order valence-electron chi connectivity index (χ3n) is 5.78. The molecule has 0 saturated heterocycles. The van der Waals surface area contributed by atoms with Crippen LogP contribution in [-0.2, 0) is 0 Å². The minimum absolute atomic E-state index is 0.273. The van der Waals surface area contributed by atoms with E-state index in [0.29, 0.717) is 0 Å². The number of benzene rings is 2. The Hall–Kier alpha value is -0.483. The zero-order chi connectivity index (χ0) is 24.7. The summed E-state index contributed by atoms with van der Waals surface area (Å²) in [4.78, 5) is 0. The standard InChI is InChI=1S/C29H47P2Si/c1-26(2,3)30(27(4,5)6)22-18-14-16-20-24(22)32(13)25-21-17-15-19-23(25)31(28(7,8)9)29(10,11)12/h14-21H,1-13H3. The van der Waals surface area contributed by atoms with E-state index < -0.39 is 8.80 Å². The highest BCUT2D eigenvalue weighted by atomic mass is 31.1. The van der Waals surface area contributed by atoms with Gasteiger partial charge in [-0.15, -0.1) is 0 Å². The van der Waals surface area contributed by atoms with Crippen LogP contribution in [0.3, 0.4) is 0 Å². The van der Waals surface area contributed by atoms with Gasteiger partial charge >= 0.3 is 0 Å². The fourth-order valence-corrected chi connectivity index (χ4v) is 17.2. The van der Waals surface area contributed by atoms with Crippen LogP contribution in [0.25, 0.3) is 0 Å². The summed E-state index contributed by atoms with van der Waals surface area (Å²) >= 11 is 0. The maximum Gasteiger partial charge on any atom is 0.119 e. The van der Waals surface area contributed by atoms with Gasteiger partial charge in [0.25, 0.3) is 0 Å². The predicted molar refractivity (Wildman–Crippen MR) is 156 cm³/mol. The Morgan fingerprint density at radius 3 is 0.969 bits per heavy atom. The molecular weight excluding hydrogens is 438 g/mol. The van der Waals surface area contributed by atoms with Crippen molar-refractivity contribution in [3.05, 3.63) is 48.5 Å². The van der Waals surface area contributed by atoms with Crippen molar-refractivity contribution in [1.29, 1.82) is 0 Å². The summed E-state index contributed by atoms with van der Waals surface area (Å²) in [5, 5.41) is 7.60. The van der Waals surface area contributed by atoms with Gasteiger partial charge in [0, 0.05) is 0 Å². The van der Waals surface area contributed by atoms with E-state index in [-0.39, 0.29) is 36.5 Å². The highest BCUT2D eigenvalue weighted by Crippen LogP contribution is 2.59. The highest BCUT2D eigenvalue weighted by Gasteiger charge is 2.40. The van der Waals surface area contributed by atoms with Gasteiger partial charge in [-0.2, -0.15) is 0 Å². The van der Waals surface area contributed by atoms with Crippen LogP contribution in [0, 0.1) is 0 Å². The van der Waals surface area contributed by atoms with E-state index in [1.807, 2.05) is 0 Å². The van der Waals surface area contributed by atoms with Gasteiger partial charge in [0.1, 0.15) is 8.80 Å². The molecule has 2 aromatic carbocycles. The van der Waals surface area contributed by atoms with E-state index in [4.69, 9.17) is 0 Å². The predicted octanol–water partition coefficient (Wildman–Crippen LogP) is 7.33. The van der Waals surface area contributed by atoms with E-state index in [2.05, 4.69) is 138 Å². The highest BCUT2D eigenvalue weighted by molar-refractivity contribution is 7.70. The van der Waals surface area contributed by atoms with Crippen LogP contribution in [0.2, 0.25) is 6.55 Å². The van der Waals surface area contributed by atoms with Gasteiger partial charge in [-0.05, 0) is 41.6 Å². The zero-order valence-corrected chi connectivity index (χ0v) is 25.8. The summed E-state index contributed by atoms with van der Waals surface area (Å²) in [6, 6.07) is 18.9. The lowest BCUT2D eigenvalue weighted by atomic mass is 10.2. The van der Waals surface area contributed by atoms with Crippen molar-refractivity contribution >= 4 is 45.6 Å². The van der Waals surface area contributed by atoms with Gasteiger partial charge in [0.05, 0.1) is 0 Å². The second kappa shape index (κ2) is 9.64. The largest absolute Gasteiger partial charge is 0.119 e. The van der Waals surface area contributed by atoms with Crippen molar-refractivity contribution in [1.82, 2.24) is 0 Å². The average Bonchev–Trinajstić information content (AvgIpc) is 2.57.